The molecule has 0 aromatic rings. The van der Waals surface area contributed by atoms with Gasteiger partial charge in [-0.3, -0.25) is 0 Å². The summed E-state index contributed by atoms with van der Waals surface area (Å²) in [5.74, 6) is 3.94. The van der Waals surface area contributed by atoms with Crippen molar-refractivity contribution in [3.05, 3.63) is 11.1 Å². The lowest BCUT2D eigenvalue weighted by Gasteiger charge is -2.20. The second kappa shape index (κ2) is 6.35. The summed E-state index contributed by atoms with van der Waals surface area (Å²) in [6.45, 7) is 5.78. The van der Waals surface area contributed by atoms with Crippen molar-refractivity contribution in [2.75, 3.05) is 30.3 Å². The Hall–Kier alpha value is 0.880. The van der Waals surface area contributed by atoms with Gasteiger partial charge in [-0.2, -0.15) is 23.5 Å². The normalized spacial score (nSPS) is 23.9. The minimum atomic E-state index is 0.801. The maximum absolute atomic E-state index is 3.78. The van der Waals surface area contributed by atoms with E-state index in [1.807, 2.05) is 0 Å². The third-order valence-electron chi connectivity index (χ3n) is 1.57. The molecule has 1 aliphatic heterocycles. The minimum absolute atomic E-state index is 0.801. The van der Waals surface area contributed by atoms with E-state index in [-0.39, 0.29) is 0 Å². The molecule has 1 rings (SSSR count). The average molecular weight is 268 g/mol. The quantitative estimate of drug-likeness (QED) is 0.840. The van der Waals surface area contributed by atoms with Crippen LogP contribution in [0.3, 0.4) is 0 Å². The van der Waals surface area contributed by atoms with Crippen molar-refractivity contribution in [2.45, 2.75) is 5.25 Å². The van der Waals surface area contributed by atoms with Crippen LogP contribution in [0.2, 0.25) is 0 Å². The second-order valence-electron chi connectivity index (χ2n) is 2.72. The maximum atomic E-state index is 3.78. The van der Waals surface area contributed by atoms with Gasteiger partial charge in [0.15, 0.2) is 0 Å². The zero-order valence-corrected chi connectivity index (χ0v) is 10.2. The van der Waals surface area contributed by atoms with Crippen LogP contribution >= 0.6 is 39.5 Å². The Kier molecular flexibility index (Phi) is 5.80. The maximum Gasteiger partial charge on any atom is 0.0266 e. The van der Waals surface area contributed by atoms with Crippen molar-refractivity contribution in [3.63, 3.8) is 0 Å². The van der Waals surface area contributed by atoms with Crippen LogP contribution in [0.15, 0.2) is 11.1 Å². The van der Waals surface area contributed by atoms with E-state index in [4.69, 9.17) is 0 Å². The summed E-state index contributed by atoms with van der Waals surface area (Å²) >= 11 is 7.48. The molecule has 0 radical (unpaired) electrons. The smallest absolute Gasteiger partial charge is 0.0266 e. The zero-order valence-electron chi connectivity index (χ0n) is 7.01. The Balaban J connectivity index is 2.01. The topological polar surface area (TPSA) is 12.0 Å². The van der Waals surface area contributed by atoms with Gasteiger partial charge in [-0.15, -0.1) is 0 Å². The van der Waals surface area contributed by atoms with E-state index in [1.54, 1.807) is 0 Å². The summed E-state index contributed by atoms with van der Waals surface area (Å²) in [6, 6.07) is 0. The van der Waals surface area contributed by atoms with Crippen LogP contribution in [0.1, 0.15) is 0 Å². The molecule has 0 aromatic carbocycles. The lowest BCUT2D eigenvalue weighted by molar-refractivity contribution is 0.741. The van der Waals surface area contributed by atoms with Gasteiger partial charge in [0.25, 0.3) is 0 Å². The van der Waals surface area contributed by atoms with Crippen molar-refractivity contribution in [1.29, 1.82) is 0 Å². The third kappa shape index (κ3) is 4.80. The first-order chi connectivity index (χ1) is 5.79. The Bertz CT molecular complexity index is 146. The lowest BCUT2D eigenvalue weighted by atomic mass is 10.4. The fourth-order valence-corrected chi connectivity index (χ4v) is 3.87. The van der Waals surface area contributed by atoms with E-state index in [1.165, 1.54) is 17.3 Å². The lowest BCUT2D eigenvalue weighted by Crippen LogP contribution is -2.29. The highest BCUT2D eigenvalue weighted by Gasteiger charge is 2.12. The van der Waals surface area contributed by atoms with Crippen LogP contribution in [0.5, 0.6) is 0 Å². The molecule has 1 unspecified atom stereocenters. The third-order valence-corrected chi connectivity index (χ3v) is 4.70. The molecule has 0 aliphatic carbocycles. The van der Waals surface area contributed by atoms with E-state index in [9.17, 15) is 0 Å². The molecule has 0 bridgehead atoms. The largest absolute Gasteiger partial charge is 0.311 e. The number of thioether (sulfide) groups is 2. The van der Waals surface area contributed by atoms with Crippen LogP contribution in [0.25, 0.3) is 0 Å². The molecule has 1 heterocycles. The van der Waals surface area contributed by atoms with E-state index < -0.39 is 0 Å². The summed E-state index contributed by atoms with van der Waals surface area (Å²) in [4.78, 5) is 0. The predicted molar refractivity (Wildman–Crippen MR) is 64.5 cm³/mol. The van der Waals surface area contributed by atoms with Crippen molar-refractivity contribution in [2.24, 2.45) is 0 Å². The van der Waals surface area contributed by atoms with E-state index in [0.29, 0.717) is 0 Å². The first-order valence-electron chi connectivity index (χ1n) is 4.02. The molecule has 1 N–H and O–H groups in total. The molecule has 4 heteroatoms. The second-order valence-corrected chi connectivity index (χ2v) is 6.40. The number of hydrogen-bond donors (Lipinski definition) is 1. The Morgan fingerprint density at radius 2 is 2.42 bits per heavy atom. The summed E-state index contributed by atoms with van der Waals surface area (Å²) < 4.78 is 1.04. The highest BCUT2D eigenvalue weighted by Crippen LogP contribution is 2.23. The first kappa shape index (κ1) is 11.0. The van der Waals surface area contributed by atoms with Crippen molar-refractivity contribution < 1.29 is 0 Å². The molecule has 0 amide bonds. The predicted octanol–water partition coefficient (Wildman–Crippen LogP) is 2.33. The summed E-state index contributed by atoms with van der Waals surface area (Å²) in [5.41, 5.74) is 0. The van der Waals surface area contributed by atoms with Crippen molar-refractivity contribution in [1.82, 2.24) is 5.32 Å². The highest BCUT2D eigenvalue weighted by atomic mass is 79.9. The van der Waals surface area contributed by atoms with E-state index >= 15 is 0 Å². The Morgan fingerprint density at radius 1 is 1.58 bits per heavy atom. The summed E-state index contributed by atoms with van der Waals surface area (Å²) in [7, 11) is 0. The molecule has 0 saturated carbocycles. The Morgan fingerprint density at radius 3 is 3.00 bits per heavy atom. The molecule has 0 aromatic heterocycles. The molecule has 1 aliphatic rings. The van der Waals surface area contributed by atoms with Crippen molar-refractivity contribution >= 4 is 39.5 Å². The molecule has 1 saturated heterocycles. The van der Waals surface area contributed by atoms with E-state index in [0.717, 1.165) is 22.8 Å². The highest BCUT2D eigenvalue weighted by molar-refractivity contribution is 9.11. The summed E-state index contributed by atoms with van der Waals surface area (Å²) in [6.07, 6.45) is 0. The fraction of sp³-hybridized carbons (Fsp3) is 0.750. The minimum Gasteiger partial charge on any atom is -0.311 e. The molecular weight excluding hydrogens is 254 g/mol. The summed E-state index contributed by atoms with van der Waals surface area (Å²) in [5, 5.41) is 4.18. The van der Waals surface area contributed by atoms with Crippen LogP contribution in [-0.2, 0) is 0 Å². The standard InChI is InChI=1S/C8H14BrNS2/c1-7(9)4-10-5-8-6-11-2-3-12-8/h8,10H,1-6H2. The molecular formula is C8H14BrNS2. The van der Waals surface area contributed by atoms with Crippen LogP contribution in [0, 0.1) is 0 Å². The molecule has 1 fully saturated rings. The fourth-order valence-electron chi connectivity index (χ4n) is 1.02. The van der Waals surface area contributed by atoms with Gasteiger partial charge >= 0.3 is 0 Å². The van der Waals surface area contributed by atoms with Gasteiger partial charge in [0.1, 0.15) is 0 Å². The monoisotopic (exact) mass is 267 g/mol. The zero-order chi connectivity index (χ0) is 8.81. The Labute approximate surface area is 91.3 Å². The van der Waals surface area contributed by atoms with Crippen LogP contribution < -0.4 is 5.32 Å². The number of hydrogen-bond acceptors (Lipinski definition) is 3. The van der Waals surface area contributed by atoms with E-state index in [2.05, 4.69) is 51.3 Å². The molecule has 70 valence electrons. The van der Waals surface area contributed by atoms with Crippen LogP contribution in [-0.4, -0.2) is 35.6 Å². The van der Waals surface area contributed by atoms with Gasteiger partial charge in [0.05, 0.1) is 0 Å². The molecule has 1 nitrogen and oxygen atoms in total. The van der Waals surface area contributed by atoms with Gasteiger partial charge in [-0.25, -0.2) is 0 Å². The van der Waals surface area contributed by atoms with Gasteiger partial charge in [-0.1, -0.05) is 22.5 Å². The van der Waals surface area contributed by atoms with Gasteiger partial charge < -0.3 is 5.32 Å². The average Bonchev–Trinajstić information content (AvgIpc) is 2.05. The van der Waals surface area contributed by atoms with Gasteiger partial charge in [-0.05, 0) is 0 Å². The first-order valence-corrected chi connectivity index (χ1v) is 7.02. The van der Waals surface area contributed by atoms with Crippen LogP contribution in [0.4, 0.5) is 0 Å². The van der Waals surface area contributed by atoms with Gasteiger partial charge in [0, 0.05) is 40.1 Å². The van der Waals surface area contributed by atoms with Gasteiger partial charge in [0.2, 0.25) is 0 Å². The SMILES string of the molecule is C=C(Br)CNCC1CSCCS1. The number of rotatable bonds is 4. The molecule has 0 spiro atoms. The number of halogens is 1. The van der Waals surface area contributed by atoms with Crippen molar-refractivity contribution in [3.8, 4) is 0 Å². The number of nitrogens with one attached hydrogen (secondary N) is 1. The molecule has 12 heavy (non-hydrogen) atoms. The molecule has 1 atom stereocenters.